The van der Waals surface area contributed by atoms with Crippen LogP contribution in [0.1, 0.15) is 26.7 Å². The Morgan fingerprint density at radius 3 is 2.94 bits per heavy atom. The summed E-state index contributed by atoms with van der Waals surface area (Å²) in [5, 5.41) is 0. The molecule has 1 fully saturated rings. The smallest absolute Gasteiger partial charge is 0.0891 e. The van der Waals surface area contributed by atoms with Gasteiger partial charge in [-0.15, -0.1) is 0 Å². The van der Waals surface area contributed by atoms with Crippen LogP contribution in [0.4, 0.5) is 0 Å². The van der Waals surface area contributed by atoms with E-state index in [9.17, 15) is 0 Å². The highest BCUT2D eigenvalue weighted by atomic mass is 16.5. The summed E-state index contributed by atoms with van der Waals surface area (Å²) in [5.74, 6) is 5.58. The van der Waals surface area contributed by atoms with Gasteiger partial charge in [0.25, 0.3) is 0 Å². The Morgan fingerprint density at radius 2 is 2.29 bits per heavy atom. The molecule has 0 radical (unpaired) electrons. The molecule has 0 aromatic heterocycles. The van der Waals surface area contributed by atoms with E-state index in [1.54, 1.807) is 0 Å². The lowest BCUT2D eigenvalue weighted by Gasteiger charge is -2.36. The number of morpholine rings is 1. The van der Waals surface area contributed by atoms with Crippen molar-refractivity contribution >= 4 is 0 Å². The van der Waals surface area contributed by atoms with Crippen molar-refractivity contribution in [3.63, 3.8) is 0 Å². The molecule has 1 saturated heterocycles. The highest BCUT2D eigenvalue weighted by Crippen LogP contribution is 2.09. The van der Waals surface area contributed by atoms with E-state index >= 15 is 0 Å². The number of hydrogen-bond acceptors (Lipinski definition) is 5. The predicted molar refractivity (Wildman–Crippen MR) is 68.7 cm³/mol. The summed E-state index contributed by atoms with van der Waals surface area (Å²) in [4.78, 5) is 2.43. The van der Waals surface area contributed by atoms with Gasteiger partial charge in [-0.25, -0.2) is 0 Å². The average Bonchev–Trinajstić information content (AvgIpc) is 2.35. The molecule has 0 saturated carbocycles. The zero-order chi connectivity index (χ0) is 12.5. The molecule has 3 N–H and O–H groups in total. The van der Waals surface area contributed by atoms with Crippen LogP contribution in [0.25, 0.3) is 0 Å². The summed E-state index contributed by atoms with van der Waals surface area (Å²) >= 11 is 0. The quantitative estimate of drug-likeness (QED) is 0.367. The largest absolute Gasteiger partial charge is 0.380 e. The Hall–Kier alpha value is -0.200. The Labute approximate surface area is 105 Å². The van der Waals surface area contributed by atoms with E-state index in [1.807, 2.05) is 0 Å². The number of hydrogen-bond donors (Lipinski definition) is 2. The fraction of sp³-hybridized carbons (Fsp3) is 1.00. The predicted octanol–water partition coefficient (Wildman–Crippen LogP) is 0.356. The van der Waals surface area contributed by atoms with E-state index in [2.05, 4.69) is 24.2 Å². The highest BCUT2D eigenvalue weighted by Gasteiger charge is 2.27. The summed E-state index contributed by atoms with van der Waals surface area (Å²) in [6.45, 7) is 9.59. The van der Waals surface area contributed by atoms with Crippen LogP contribution in [0.5, 0.6) is 0 Å². The maximum absolute atomic E-state index is 5.77. The number of ether oxygens (including phenoxy) is 2. The fourth-order valence-electron chi connectivity index (χ4n) is 2.11. The SMILES string of the molecule is CCCOCC(NN)C1CN(CCC)CCO1. The molecule has 17 heavy (non-hydrogen) atoms. The van der Waals surface area contributed by atoms with Crippen molar-refractivity contribution in [2.24, 2.45) is 5.84 Å². The van der Waals surface area contributed by atoms with Crippen molar-refractivity contribution in [1.82, 2.24) is 10.3 Å². The minimum Gasteiger partial charge on any atom is -0.380 e. The monoisotopic (exact) mass is 245 g/mol. The lowest BCUT2D eigenvalue weighted by atomic mass is 10.1. The van der Waals surface area contributed by atoms with Crippen molar-refractivity contribution in [3.05, 3.63) is 0 Å². The van der Waals surface area contributed by atoms with Crippen LogP contribution in [0, 0.1) is 0 Å². The van der Waals surface area contributed by atoms with E-state index in [0.29, 0.717) is 6.61 Å². The minimum absolute atomic E-state index is 0.0845. The number of rotatable bonds is 8. The number of nitrogens with two attached hydrogens (primary N) is 1. The first-order valence-electron chi connectivity index (χ1n) is 6.69. The van der Waals surface area contributed by atoms with Crippen LogP contribution in [0.15, 0.2) is 0 Å². The minimum atomic E-state index is 0.0845. The molecular formula is C12H27N3O2. The molecule has 5 nitrogen and oxygen atoms in total. The molecule has 1 heterocycles. The van der Waals surface area contributed by atoms with Gasteiger partial charge in [0.1, 0.15) is 0 Å². The van der Waals surface area contributed by atoms with Crippen LogP contribution in [0.2, 0.25) is 0 Å². The number of nitrogens with one attached hydrogen (secondary N) is 1. The molecule has 1 aliphatic rings. The first-order chi connectivity index (χ1) is 8.31. The molecule has 0 aromatic carbocycles. The second-order valence-electron chi connectivity index (χ2n) is 4.56. The fourth-order valence-corrected chi connectivity index (χ4v) is 2.11. The lowest BCUT2D eigenvalue weighted by molar-refractivity contribution is -0.0614. The Balaban J connectivity index is 2.33. The highest BCUT2D eigenvalue weighted by molar-refractivity contribution is 4.81. The summed E-state index contributed by atoms with van der Waals surface area (Å²) < 4.78 is 11.3. The van der Waals surface area contributed by atoms with E-state index < -0.39 is 0 Å². The third kappa shape index (κ3) is 5.31. The Kier molecular flexibility index (Phi) is 7.72. The average molecular weight is 245 g/mol. The summed E-state index contributed by atoms with van der Waals surface area (Å²) in [5.41, 5.74) is 2.82. The number of hydrazine groups is 1. The molecule has 1 aliphatic heterocycles. The zero-order valence-corrected chi connectivity index (χ0v) is 11.2. The summed E-state index contributed by atoms with van der Waals surface area (Å²) in [6.07, 6.45) is 2.35. The first-order valence-corrected chi connectivity index (χ1v) is 6.69. The Bertz CT molecular complexity index is 191. The van der Waals surface area contributed by atoms with Gasteiger partial charge in [-0.3, -0.25) is 16.2 Å². The van der Waals surface area contributed by atoms with Crippen molar-refractivity contribution < 1.29 is 9.47 Å². The summed E-state index contributed by atoms with van der Waals surface area (Å²) in [7, 11) is 0. The van der Waals surface area contributed by atoms with Gasteiger partial charge < -0.3 is 9.47 Å². The Morgan fingerprint density at radius 1 is 1.47 bits per heavy atom. The van der Waals surface area contributed by atoms with Crippen LogP contribution in [0.3, 0.4) is 0 Å². The van der Waals surface area contributed by atoms with Crippen LogP contribution >= 0.6 is 0 Å². The van der Waals surface area contributed by atoms with Gasteiger partial charge in [-0.1, -0.05) is 13.8 Å². The molecular weight excluding hydrogens is 218 g/mol. The topological polar surface area (TPSA) is 59.8 Å². The molecule has 2 atom stereocenters. The van der Waals surface area contributed by atoms with E-state index in [1.165, 1.54) is 6.42 Å². The normalized spacial score (nSPS) is 23.8. The second-order valence-corrected chi connectivity index (χ2v) is 4.56. The second kappa shape index (κ2) is 8.83. The molecule has 0 spiro atoms. The third-order valence-corrected chi connectivity index (χ3v) is 3.03. The molecule has 0 bridgehead atoms. The van der Waals surface area contributed by atoms with Crippen LogP contribution < -0.4 is 11.3 Å². The van der Waals surface area contributed by atoms with Gasteiger partial charge in [-0.2, -0.15) is 0 Å². The van der Waals surface area contributed by atoms with Gasteiger partial charge >= 0.3 is 0 Å². The third-order valence-electron chi connectivity index (χ3n) is 3.03. The van der Waals surface area contributed by atoms with Crippen molar-refractivity contribution in [3.8, 4) is 0 Å². The van der Waals surface area contributed by atoms with Crippen LogP contribution in [-0.4, -0.2) is 56.5 Å². The first kappa shape index (κ1) is 14.9. The van der Waals surface area contributed by atoms with Crippen molar-refractivity contribution in [1.29, 1.82) is 0 Å². The van der Waals surface area contributed by atoms with Gasteiger partial charge in [0.15, 0.2) is 0 Å². The van der Waals surface area contributed by atoms with Crippen LogP contribution in [-0.2, 0) is 9.47 Å². The molecule has 0 aliphatic carbocycles. The van der Waals surface area contributed by atoms with E-state index in [4.69, 9.17) is 15.3 Å². The van der Waals surface area contributed by atoms with E-state index in [0.717, 1.165) is 39.3 Å². The molecule has 1 rings (SSSR count). The van der Waals surface area contributed by atoms with E-state index in [-0.39, 0.29) is 12.1 Å². The van der Waals surface area contributed by atoms with Crippen molar-refractivity contribution in [2.75, 3.05) is 39.5 Å². The molecule has 102 valence electrons. The van der Waals surface area contributed by atoms with Gasteiger partial charge in [-0.05, 0) is 19.4 Å². The molecule has 5 heteroatoms. The van der Waals surface area contributed by atoms with Gasteiger partial charge in [0.05, 0.1) is 25.4 Å². The zero-order valence-electron chi connectivity index (χ0n) is 11.2. The van der Waals surface area contributed by atoms with Gasteiger partial charge in [0.2, 0.25) is 0 Å². The maximum atomic E-state index is 5.77. The molecule has 0 aromatic rings. The van der Waals surface area contributed by atoms with Gasteiger partial charge in [0, 0.05) is 19.7 Å². The number of nitrogens with zero attached hydrogens (tertiary/aromatic N) is 1. The molecule has 0 amide bonds. The summed E-state index contributed by atoms with van der Waals surface area (Å²) in [6, 6.07) is 0.0845. The standard InChI is InChI=1S/C12H27N3O2/c1-3-5-15-6-8-17-12(9-15)11(14-13)10-16-7-4-2/h11-12,14H,3-10,13H2,1-2H3. The van der Waals surface area contributed by atoms with Crippen molar-refractivity contribution in [2.45, 2.75) is 38.8 Å². The molecule has 2 unspecified atom stereocenters. The maximum Gasteiger partial charge on any atom is 0.0891 e. The lowest BCUT2D eigenvalue weighted by Crippen LogP contribution is -2.55.